The number of benzene rings is 1. The SMILES string of the molecule is CN1C[C@H](C(=O)O)C[C@H]1c1ccc(Cl)cc1. The number of rotatable bonds is 2. The second-order valence-electron chi connectivity index (χ2n) is 4.28. The van der Waals surface area contributed by atoms with E-state index in [-0.39, 0.29) is 12.0 Å². The summed E-state index contributed by atoms with van der Waals surface area (Å²) in [5.41, 5.74) is 1.13. The molecule has 1 N–H and O–H groups in total. The molecular formula is C12H14ClNO2. The first kappa shape index (κ1) is 11.4. The van der Waals surface area contributed by atoms with Crippen molar-refractivity contribution >= 4 is 17.6 Å². The molecule has 1 fully saturated rings. The summed E-state index contributed by atoms with van der Waals surface area (Å²) in [5, 5.41) is 9.70. The van der Waals surface area contributed by atoms with Crippen LogP contribution in [0.2, 0.25) is 5.02 Å². The van der Waals surface area contributed by atoms with Crippen LogP contribution in [0.4, 0.5) is 0 Å². The van der Waals surface area contributed by atoms with Crippen LogP contribution >= 0.6 is 11.6 Å². The van der Waals surface area contributed by atoms with Gasteiger partial charge in [-0.15, -0.1) is 0 Å². The summed E-state index contributed by atoms with van der Waals surface area (Å²) in [5.74, 6) is -0.964. The maximum absolute atomic E-state index is 10.9. The van der Waals surface area contributed by atoms with E-state index in [9.17, 15) is 4.79 Å². The molecule has 0 unspecified atom stereocenters. The highest BCUT2D eigenvalue weighted by atomic mass is 35.5. The molecule has 4 heteroatoms. The van der Waals surface area contributed by atoms with Crippen LogP contribution in [0.15, 0.2) is 24.3 Å². The molecule has 86 valence electrons. The highest BCUT2D eigenvalue weighted by Gasteiger charge is 2.34. The highest BCUT2D eigenvalue weighted by molar-refractivity contribution is 6.30. The summed E-state index contributed by atoms with van der Waals surface area (Å²) < 4.78 is 0. The number of likely N-dealkylation sites (tertiary alicyclic amines) is 1. The number of halogens is 1. The van der Waals surface area contributed by atoms with E-state index < -0.39 is 5.97 Å². The van der Waals surface area contributed by atoms with Crippen molar-refractivity contribution < 1.29 is 9.90 Å². The molecule has 2 rings (SSSR count). The number of aliphatic carboxylic acids is 1. The van der Waals surface area contributed by atoms with Gasteiger partial charge in [0.1, 0.15) is 0 Å². The van der Waals surface area contributed by atoms with E-state index in [2.05, 4.69) is 4.90 Å². The van der Waals surface area contributed by atoms with Crippen molar-refractivity contribution in [1.82, 2.24) is 4.90 Å². The van der Waals surface area contributed by atoms with Crippen LogP contribution in [0.5, 0.6) is 0 Å². The molecule has 2 atom stereocenters. The Hall–Kier alpha value is -1.06. The van der Waals surface area contributed by atoms with E-state index in [1.54, 1.807) is 0 Å². The van der Waals surface area contributed by atoms with Gasteiger partial charge in [-0.1, -0.05) is 23.7 Å². The monoisotopic (exact) mass is 239 g/mol. The second-order valence-corrected chi connectivity index (χ2v) is 4.71. The number of carbonyl (C=O) groups is 1. The Morgan fingerprint density at radius 2 is 2.06 bits per heavy atom. The smallest absolute Gasteiger partial charge is 0.307 e. The van der Waals surface area contributed by atoms with Crippen LogP contribution < -0.4 is 0 Å². The maximum atomic E-state index is 10.9. The Bertz CT molecular complexity index is 391. The zero-order chi connectivity index (χ0) is 11.7. The van der Waals surface area contributed by atoms with Crippen molar-refractivity contribution in [2.24, 2.45) is 5.92 Å². The van der Waals surface area contributed by atoms with E-state index in [4.69, 9.17) is 16.7 Å². The van der Waals surface area contributed by atoms with Gasteiger partial charge in [0, 0.05) is 17.6 Å². The fraction of sp³-hybridized carbons (Fsp3) is 0.417. The Labute approximate surface area is 99.6 Å². The van der Waals surface area contributed by atoms with Crippen molar-refractivity contribution in [2.75, 3.05) is 13.6 Å². The first-order chi connectivity index (χ1) is 7.58. The Kier molecular flexibility index (Phi) is 3.17. The molecule has 0 saturated carbocycles. The molecule has 0 aromatic heterocycles. The Morgan fingerprint density at radius 3 is 2.56 bits per heavy atom. The molecule has 3 nitrogen and oxygen atoms in total. The predicted octanol–water partition coefficient (Wildman–Crippen LogP) is 2.42. The summed E-state index contributed by atoms with van der Waals surface area (Å²) in [6.07, 6.45) is 0.674. The van der Waals surface area contributed by atoms with Crippen molar-refractivity contribution in [3.05, 3.63) is 34.9 Å². The molecule has 16 heavy (non-hydrogen) atoms. The maximum Gasteiger partial charge on any atom is 0.307 e. The van der Waals surface area contributed by atoms with E-state index in [0.717, 1.165) is 5.56 Å². The topological polar surface area (TPSA) is 40.5 Å². The molecular weight excluding hydrogens is 226 g/mol. The summed E-state index contributed by atoms with van der Waals surface area (Å²) in [6.45, 7) is 0.614. The summed E-state index contributed by atoms with van der Waals surface area (Å²) in [6, 6.07) is 7.82. The third-order valence-corrected chi connectivity index (χ3v) is 3.40. The number of carboxylic acids is 1. The van der Waals surface area contributed by atoms with Crippen LogP contribution in [0.3, 0.4) is 0 Å². The van der Waals surface area contributed by atoms with Crippen LogP contribution in [0.25, 0.3) is 0 Å². The summed E-state index contributed by atoms with van der Waals surface area (Å²) in [7, 11) is 1.96. The van der Waals surface area contributed by atoms with Crippen molar-refractivity contribution in [3.8, 4) is 0 Å². The molecule has 0 bridgehead atoms. The lowest BCUT2D eigenvalue weighted by Crippen LogP contribution is -2.20. The fourth-order valence-corrected chi connectivity index (χ4v) is 2.38. The first-order valence-electron chi connectivity index (χ1n) is 5.26. The minimum atomic E-state index is -0.705. The van der Waals surface area contributed by atoms with Gasteiger partial charge in [-0.2, -0.15) is 0 Å². The predicted molar refractivity (Wildman–Crippen MR) is 62.6 cm³/mol. The average Bonchev–Trinajstić information content (AvgIpc) is 2.62. The quantitative estimate of drug-likeness (QED) is 0.862. The van der Waals surface area contributed by atoms with Crippen molar-refractivity contribution in [1.29, 1.82) is 0 Å². The van der Waals surface area contributed by atoms with Gasteiger partial charge in [0.2, 0.25) is 0 Å². The van der Waals surface area contributed by atoms with E-state index >= 15 is 0 Å². The summed E-state index contributed by atoms with van der Waals surface area (Å²) >= 11 is 5.83. The van der Waals surface area contributed by atoms with Gasteiger partial charge in [0.15, 0.2) is 0 Å². The zero-order valence-corrected chi connectivity index (χ0v) is 9.81. The minimum Gasteiger partial charge on any atom is -0.481 e. The molecule has 1 aliphatic heterocycles. The van der Waals surface area contributed by atoms with Gasteiger partial charge in [-0.05, 0) is 31.2 Å². The van der Waals surface area contributed by atoms with Gasteiger partial charge in [-0.3, -0.25) is 9.69 Å². The molecule has 0 spiro atoms. The standard InChI is InChI=1S/C12H14ClNO2/c1-14-7-9(12(15)16)6-11(14)8-2-4-10(13)5-3-8/h2-5,9,11H,6-7H2,1H3,(H,15,16)/t9-,11+/m1/s1. The third kappa shape index (κ3) is 2.20. The molecule has 0 aliphatic carbocycles. The lowest BCUT2D eigenvalue weighted by Gasteiger charge is -2.19. The van der Waals surface area contributed by atoms with Crippen LogP contribution in [0, 0.1) is 5.92 Å². The van der Waals surface area contributed by atoms with Gasteiger partial charge < -0.3 is 5.11 Å². The number of hydrogen-bond donors (Lipinski definition) is 1. The lowest BCUT2D eigenvalue weighted by atomic mass is 10.0. The minimum absolute atomic E-state index is 0.193. The Balaban J connectivity index is 2.16. The average molecular weight is 240 g/mol. The summed E-state index contributed by atoms with van der Waals surface area (Å²) in [4.78, 5) is 13.0. The van der Waals surface area contributed by atoms with Crippen LogP contribution in [0.1, 0.15) is 18.0 Å². The number of hydrogen-bond acceptors (Lipinski definition) is 2. The number of carboxylic acid groups (broad SMARTS) is 1. The molecule has 1 saturated heterocycles. The van der Waals surface area contributed by atoms with E-state index in [0.29, 0.717) is 18.0 Å². The molecule has 1 aromatic rings. The largest absolute Gasteiger partial charge is 0.481 e. The highest BCUT2D eigenvalue weighted by Crippen LogP contribution is 2.34. The molecule has 1 aromatic carbocycles. The van der Waals surface area contributed by atoms with Crippen molar-refractivity contribution in [3.63, 3.8) is 0 Å². The molecule has 0 radical (unpaired) electrons. The molecule has 1 aliphatic rings. The van der Waals surface area contributed by atoms with Gasteiger partial charge in [0.25, 0.3) is 0 Å². The zero-order valence-electron chi connectivity index (χ0n) is 9.06. The first-order valence-corrected chi connectivity index (χ1v) is 5.64. The second kappa shape index (κ2) is 4.44. The molecule has 0 amide bonds. The van der Waals surface area contributed by atoms with Crippen LogP contribution in [-0.2, 0) is 4.79 Å². The third-order valence-electron chi connectivity index (χ3n) is 3.15. The van der Waals surface area contributed by atoms with Gasteiger partial charge >= 0.3 is 5.97 Å². The van der Waals surface area contributed by atoms with Crippen molar-refractivity contribution in [2.45, 2.75) is 12.5 Å². The Morgan fingerprint density at radius 1 is 1.44 bits per heavy atom. The fourth-order valence-electron chi connectivity index (χ4n) is 2.25. The van der Waals surface area contributed by atoms with E-state index in [1.807, 2.05) is 31.3 Å². The number of nitrogens with zero attached hydrogens (tertiary/aromatic N) is 1. The van der Waals surface area contributed by atoms with Gasteiger partial charge in [-0.25, -0.2) is 0 Å². The van der Waals surface area contributed by atoms with E-state index in [1.165, 1.54) is 0 Å². The lowest BCUT2D eigenvalue weighted by molar-refractivity contribution is -0.141. The van der Waals surface area contributed by atoms with Crippen LogP contribution in [-0.4, -0.2) is 29.6 Å². The normalized spacial score (nSPS) is 25.9. The van der Waals surface area contributed by atoms with Gasteiger partial charge in [0.05, 0.1) is 5.92 Å². The molecule has 1 heterocycles.